The fourth-order valence-corrected chi connectivity index (χ4v) is 28.1. The molecular weight excluding hydrogens is 1260 g/mol. The van der Waals surface area contributed by atoms with E-state index >= 15 is 0 Å². The van der Waals surface area contributed by atoms with E-state index in [1.165, 1.54) is 179 Å². The first-order chi connectivity index (χ1) is 41.1. The van der Waals surface area contributed by atoms with Crippen molar-refractivity contribution >= 4 is 174 Å². The molecule has 0 bridgehead atoms. The average molecular weight is 1360 g/mol. The van der Waals surface area contributed by atoms with E-state index in [0.29, 0.717) is 0 Å². The number of aromatic nitrogens is 1. The first-order valence-corrected chi connectivity index (χ1v) is 39.6. The lowest BCUT2D eigenvalue weighted by Gasteiger charge is -2.11. The number of hydrogen-bond donors (Lipinski definition) is 0. The van der Waals surface area contributed by atoms with Crippen LogP contribution in [0, 0.1) is 152 Å². The average Bonchev–Trinajstić information content (AvgIpc) is 1.76. The maximum atomic E-state index is 2.30. The summed E-state index contributed by atoms with van der Waals surface area (Å²) in [5.74, 6) is 0. The number of aryl methyl sites for hydroxylation is 14. The van der Waals surface area contributed by atoms with Gasteiger partial charge in [-0.25, -0.2) is 0 Å². The maximum Gasteiger partial charge on any atom is 0.0876 e. The molecule has 4 unspecified atom stereocenters. The van der Waals surface area contributed by atoms with Crippen molar-refractivity contribution in [1.29, 1.82) is 0 Å². The summed E-state index contributed by atoms with van der Waals surface area (Å²) in [7, 11) is 2.12. The number of rotatable bonds is 0. The van der Waals surface area contributed by atoms with Gasteiger partial charge in [0, 0.05) is 105 Å². The number of benzene rings is 3. The highest BCUT2D eigenvalue weighted by Crippen LogP contribution is 2.56. The zero-order chi connectivity index (χ0) is 65.2. The van der Waals surface area contributed by atoms with Gasteiger partial charge in [-0.1, -0.05) is 0 Å². The molecule has 0 fully saturated rings. The quantitative estimate of drug-likeness (QED) is 0.149. The van der Waals surface area contributed by atoms with Gasteiger partial charge in [-0.15, -0.1) is 115 Å². The van der Waals surface area contributed by atoms with Crippen LogP contribution >= 0.6 is 115 Å². The van der Waals surface area contributed by atoms with E-state index < -0.39 is 0 Å². The van der Waals surface area contributed by atoms with Crippen LogP contribution in [-0.2, 0) is 7.05 Å². The summed E-state index contributed by atoms with van der Waals surface area (Å²) in [6, 6.07) is 0. The van der Waals surface area contributed by atoms with Crippen molar-refractivity contribution < 1.29 is 0 Å². The third-order valence-corrected chi connectivity index (χ3v) is 35.9. The smallest absolute Gasteiger partial charge is 0.0876 e. The Morgan fingerprint density at radius 3 is 0.727 bits per heavy atom. The van der Waals surface area contributed by atoms with Gasteiger partial charge in [-0.3, -0.25) is 0 Å². The van der Waals surface area contributed by atoms with Crippen LogP contribution in [0.2, 0.25) is 0 Å². The molecule has 0 saturated carbocycles. The van der Waals surface area contributed by atoms with Crippen molar-refractivity contribution in [2.45, 2.75) is 229 Å². The summed E-state index contributed by atoms with van der Waals surface area (Å²) in [4.78, 5) is 12.0. The summed E-state index contributed by atoms with van der Waals surface area (Å²) >= 11 is 20.0. The molecule has 4 aliphatic heterocycles. The first-order valence-electron chi connectivity index (χ1n) is 31.2. The predicted molar refractivity (Wildman–Crippen MR) is 420 cm³/mol. The Morgan fingerprint density at radius 1 is 0.216 bits per heavy atom. The fourth-order valence-electron chi connectivity index (χ4n) is 13.1. The van der Waals surface area contributed by atoms with E-state index in [0.717, 1.165) is 21.0 Å². The molecular formula is C77H97NS10. The summed E-state index contributed by atoms with van der Waals surface area (Å²) in [6.07, 6.45) is 0. The third kappa shape index (κ3) is 11.9. The van der Waals surface area contributed by atoms with Crippen molar-refractivity contribution in [2.75, 3.05) is 0 Å². The number of allylic oxidation sites excluding steroid dienone is 4. The second-order valence-corrected chi connectivity index (χ2v) is 38.4. The number of nitrogens with zero attached hydrogens (tertiary/aromatic N) is 1. The van der Waals surface area contributed by atoms with E-state index in [1.54, 1.807) is 41.9 Å². The van der Waals surface area contributed by atoms with Crippen LogP contribution in [0.3, 0.4) is 0 Å². The zero-order valence-electron chi connectivity index (χ0n) is 58.8. The SMILES string of the molecule is CC1=C(C)C2SC(C)=C(C)C2S1.CC1=C(C)C2SC(C)=C(C)C2S1.Cc1c(C)c(C)c2c(sc3c2sc2c(C)c(C)c(C)c(C)c23)c1C.Cc1c(C)c(C)n(C)c1C.Cc1sc2c(C)c3c(C)c(C)sc3c(C)c2c1C.Cc1sc2sc(C)c(C)c2c1C. The van der Waals surface area contributed by atoms with Crippen molar-refractivity contribution in [1.82, 2.24) is 4.57 Å². The van der Waals surface area contributed by atoms with Gasteiger partial charge in [0.05, 0.1) is 13.4 Å². The Balaban J connectivity index is 0.000000129. The second-order valence-electron chi connectivity index (χ2n) is 25.8. The Labute approximate surface area is 570 Å². The third-order valence-electron chi connectivity index (χ3n) is 21.4. The fraction of sp³-hybridized carbons (Fsp3) is 0.455. The van der Waals surface area contributed by atoms with Gasteiger partial charge < -0.3 is 4.57 Å². The van der Waals surface area contributed by atoms with Crippen LogP contribution in [0.25, 0.3) is 59.1 Å². The minimum absolute atomic E-state index is 0.759. The second kappa shape index (κ2) is 26.5. The van der Waals surface area contributed by atoms with Crippen molar-refractivity contribution in [2.24, 2.45) is 7.05 Å². The van der Waals surface area contributed by atoms with Crippen LogP contribution in [0.4, 0.5) is 0 Å². The molecule has 11 heterocycles. The topological polar surface area (TPSA) is 4.93 Å². The Kier molecular flexibility index (Phi) is 20.9. The molecule has 3 aromatic carbocycles. The highest BCUT2D eigenvalue weighted by Gasteiger charge is 2.40. The Morgan fingerprint density at radius 2 is 0.466 bits per heavy atom. The normalized spacial score (nSPS) is 18.0. The Bertz CT molecular complexity index is 4230. The lowest BCUT2D eigenvalue weighted by Crippen LogP contribution is -2.11. The molecule has 4 atom stereocenters. The summed E-state index contributed by atoms with van der Waals surface area (Å²) in [5.41, 5.74) is 32.6. The Hall–Kier alpha value is -2.94. The lowest BCUT2D eigenvalue weighted by molar-refractivity contribution is 0.838. The van der Waals surface area contributed by atoms with Gasteiger partial charge >= 0.3 is 0 Å². The predicted octanol–water partition coefficient (Wildman–Crippen LogP) is 27.8. The maximum absolute atomic E-state index is 2.30. The van der Waals surface area contributed by atoms with E-state index in [9.17, 15) is 0 Å². The van der Waals surface area contributed by atoms with Crippen molar-refractivity contribution in [3.05, 3.63) is 162 Å². The summed E-state index contributed by atoms with van der Waals surface area (Å²) < 4.78 is 12.7. The van der Waals surface area contributed by atoms with Gasteiger partial charge in [0.25, 0.3) is 0 Å². The van der Waals surface area contributed by atoms with E-state index in [1.807, 2.05) is 68.0 Å². The minimum Gasteiger partial charge on any atom is -0.352 e. The molecule has 88 heavy (non-hydrogen) atoms. The van der Waals surface area contributed by atoms with Crippen molar-refractivity contribution in [3.8, 4) is 0 Å². The molecule has 0 aliphatic carbocycles. The van der Waals surface area contributed by atoms with Crippen molar-refractivity contribution in [3.63, 3.8) is 0 Å². The van der Waals surface area contributed by atoms with Gasteiger partial charge in [0.2, 0.25) is 0 Å². The molecule has 0 amide bonds. The van der Waals surface area contributed by atoms with Gasteiger partial charge in [-0.2, -0.15) is 0 Å². The molecule has 0 N–H and O–H groups in total. The monoisotopic (exact) mass is 1360 g/mol. The molecule has 1 nitrogen and oxygen atoms in total. The molecule has 470 valence electrons. The van der Waals surface area contributed by atoms with E-state index in [-0.39, 0.29) is 0 Å². The lowest BCUT2D eigenvalue weighted by atomic mass is 9.95. The standard InChI is InChI=1S/C22H24S2.C16H18S2.2C10H14S2.C10H12S2.C9H15N/c1-9-11(3)15(7)19-17(13(9)5)21-22(23-19)18-14(6)10(2)12(4)16(8)20(18)24-21;1-7-11(5)17-15-10(4)14-8(2)12(6)18-16(14)9(3)13(7)15;2*1-5-7(3)11-10-6(2)8(4)12-9(5)10;1-5-7(3)11-10-9(5)6(2)8(4)12-10;1-6-7(2)9(4)10(5)8(6)3/h1-8H3;1-6H3;2*9-10H,1-4H3;1-4H3;1-5H3. The number of thiophene rings is 6. The molecule has 0 spiro atoms. The van der Waals surface area contributed by atoms with Crippen LogP contribution in [0.5, 0.6) is 0 Å². The molecule has 10 aromatic rings. The number of fused-ring (bicyclic) bond motifs is 10. The number of hydrogen-bond acceptors (Lipinski definition) is 10. The zero-order valence-corrected chi connectivity index (χ0v) is 67.0. The van der Waals surface area contributed by atoms with Gasteiger partial charge in [0.1, 0.15) is 0 Å². The van der Waals surface area contributed by atoms with E-state index in [4.69, 9.17) is 0 Å². The molecule has 0 saturated heterocycles. The van der Waals surface area contributed by atoms with Gasteiger partial charge in [0.15, 0.2) is 0 Å². The molecule has 0 radical (unpaired) electrons. The number of thioether (sulfide) groups is 4. The summed E-state index contributed by atoms with van der Waals surface area (Å²) in [5, 5.41) is 10.6. The van der Waals surface area contributed by atoms with Crippen LogP contribution in [0.15, 0.2) is 41.9 Å². The highest BCUT2D eigenvalue weighted by atomic mass is 32.2. The summed E-state index contributed by atoms with van der Waals surface area (Å²) in [6.45, 7) is 67.6. The minimum atomic E-state index is 0.759. The molecule has 11 heteroatoms. The van der Waals surface area contributed by atoms with E-state index in [2.05, 4.69) is 266 Å². The first kappa shape index (κ1) is 69.4. The molecule has 14 rings (SSSR count). The molecule has 4 aliphatic rings. The largest absolute Gasteiger partial charge is 0.352 e. The van der Waals surface area contributed by atoms with Gasteiger partial charge in [-0.05, 0) is 339 Å². The van der Waals surface area contributed by atoms with Crippen LogP contribution in [-0.4, -0.2) is 25.6 Å². The van der Waals surface area contributed by atoms with Crippen LogP contribution < -0.4 is 0 Å². The van der Waals surface area contributed by atoms with Crippen LogP contribution in [0.1, 0.15) is 175 Å². The highest BCUT2D eigenvalue weighted by molar-refractivity contribution is 8.09. The molecule has 7 aromatic heterocycles.